The van der Waals surface area contributed by atoms with Crippen LogP contribution in [0, 0.1) is 0 Å². The average molecular weight is 954 g/mol. The Morgan fingerprint density at radius 1 is 0.571 bits per heavy atom. The van der Waals surface area contributed by atoms with Crippen molar-refractivity contribution in [1.29, 1.82) is 0 Å². The van der Waals surface area contributed by atoms with Gasteiger partial charge in [-0.15, -0.1) is 0 Å². The first-order chi connectivity index (χ1) is 2.45. The van der Waals surface area contributed by atoms with E-state index in [4.69, 9.17) is 0 Å². The van der Waals surface area contributed by atoms with Crippen molar-refractivity contribution in [3.05, 3.63) is 0 Å². The van der Waals surface area contributed by atoms with Gasteiger partial charge >= 0.3 is 109 Å². The van der Waals surface area contributed by atoms with E-state index in [0.29, 0.717) is 0 Å². The SMILES string of the molecule is [I][Ir-2]([I])([I])([I])([I])[I]. The van der Waals surface area contributed by atoms with Crippen molar-refractivity contribution in [3.8, 4) is 0 Å². The quantitative estimate of drug-likeness (QED) is 0.290. The third kappa shape index (κ3) is 35.5. The van der Waals surface area contributed by atoms with E-state index in [1.54, 1.807) is 0 Å². The molecule has 0 saturated carbocycles. The third-order valence-electron chi connectivity index (χ3n) is 0. The van der Waals surface area contributed by atoms with Gasteiger partial charge in [0.25, 0.3) is 0 Å². The van der Waals surface area contributed by atoms with E-state index in [0.717, 1.165) is 0 Å². The molecule has 0 amide bonds. The molecule has 0 nitrogen and oxygen atoms in total. The Bertz CT molecular complexity index is 62.7. The van der Waals surface area contributed by atoms with Gasteiger partial charge in [0.2, 0.25) is 0 Å². The van der Waals surface area contributed by atoms with Crippen LogP contribution >= 0.6 is 118 Å². The number of halogens is 6. The Labute approximate surface area is 105 Å². The van der Waals surface area contributed by atoms with E-state index in [-0.39, 0.29) is 0 Å². The number of hydrogen-bond acceptors (Lipinski definition) is 0. The molecule has 0 aliphatic carbocycles. The van der Waals surface area contributed by atoms with E-state index >= 15 is 0 Å². The van der Waals surface area contributed by atoms with Gasteiger partial charge < -0.3 is 0 Å². The molecule has 0 radical (unpaired) electrons. The fraction of sp³-hybridized carbons (Fsp3) is 0. The van der Waals surface area contributed by atoms with Crippen molar-refractivity contribution in [2.75, 3.05) is 0 Å². The molecule has 0 saturated heterocycles. The first kappa shape index (κ1) is 12.0. The van der Waals surface area contributed by atoms with Crippen molar-refractivity contribution in [3.63, 3.8) is 0 Å². The van der Waals surface area contributed by atoms with Gasteiger partial charge in [-0.25, -0.2) is 0 Å². The standard InChI is InChI=1S/6HI.Ir/h6*1H;/q;;;;;;+4/p-6. The van der Waals surface area contributed by atoms with Crippen LogP contribution in [0.4, 0.5) is 0 Å². The molecule has 0 aromatic rings. The van der Waals surface area contributed by atoms with Gasteiger partial charge in [-0.3, -0.25) is 0 Å². The molecular formula is I6Ir-2. The van der Waals surface area contributed by atoms with Crippen LogP contribution in [0.25, 0.3) is 0 Å². The van der Waals surface area contributed by atoms with Crippen molar-refractivity contribution >= 4 is 118 Å². The summed E-state index contributed by atoms with van der Waals surface area (Å²) < 4.78 is -2.35. The molecule has 0 heterocycles. The molecule has 0 rings (SSSR count). The summed E-state index contributed by atoms with van der Waals surface area (Å²) in [5, 5.41) is 0. The Balaban J connectivity index is 4.43. The van der Waals surface area contributed by atoms with Gasteiger partial charge in [0.1, 0.15) is 0 Å². The normalized spacial score (nSPS) is 23.1. The molecule has 0 N–H and O–H groups in total. The topological polar surface area (TPSA) is 0 Å². The average Bonchev–Trinajstić information content (AvgIpc) is 0.592. The maximum absolute atomic E-state index is 2.57. The van der Waals surface area contributed by atoms with Crippen LogP contribution in [-0.4, -0.2) is 0 Å². The maximum atomic E-state index is 2.57. The second-order valence-corrected chi connectivity index (χ2v) is 263. The van der Waals surface area contributed by atoms with Gasteiger partial charge in [-0.05, 0) is 0 Å². The summed E-state index contributed by atoms with van der Waals surface area (Å²) in [6.07, 6.45) is 0. The summed E-state index contributed by atoms with van der Waals surface area (Å²) in [6.45, 7) is 0. The molecule has 0 aromatic heterocycles. The molecule has 53 valence electrons. The van der Waals surface area contributed by atoms with Gasteiger partial charge in [0.15, 0.2) is 0 Å². The predicted octanol–water partition coefficient (Wildman–Crippen LogP) is 5.31. The van der Waals surface area contributed by atoms with E-state index in [1.165, 1.54) is 0 Å². The minimum atomic E-state index is -2.35. The zero-order valence-corrected chi connectivity index (χ0v) is 17.9. The summed E-state index contributed by atoms with van der Waals surface area (Å²) >= 11 is 15.4. The molecule has 0 aliphatic heterocycles. The van der Waals surface area contributed by atoms with Crippen LogP contribution in [-0.2, 0) is -8.61 Å². The Morgan fingerprint density at radius 2 is 0.571 bits per heavy atom. The molecule has 7 heavy (non-hydrogen) atoms. The molecule has 0 aromatic carbocycles. The van der Waals surface area contributed by atoms with Crippen LogP contribution in [0.1, 0.15) is 0 Å². The monoisotopic (exact) mass is 954 g/mol. The van der Waals surface area contributed by atoms with Gasteiger partial charge in [-0.1, -0.05) is 0 Å². The summed E-state index contributed by atoms with van der Waals surface area (Å²) in [7, 11) is 0. The molecule has 0 atom stereocenters. The summed E-state index contributed by atoms with van der Waals surface area (Å²) in [6, 6.07) is 0. The van der Waals surface area contributed by atoms with Crippen LogP contribution < -0.4 is 0 Å². The van der Waals surface area contributed by atoms with Gasteiger partial charge in [-0.2, -0.15) is 0 Å². The van der Waals surface area contributed by atoms with Crippen LogP contribution in [0.2, 0.25) is 0 Å². The zero-order valence-electron chi connectivity index (χ0n) is 2.60. The number of rotatable bonds is 0. The molecule has 0 unspecified atom stereocenters. The molecule has 7 heteroatoms. The van der Waals surface area contributed by atoms with E-state index in [2.05, 4.69) is 118 Å². The summed E-state index contributed by atoms with van der Waals surface area (Å²) in [4.78, 5) is 0. The van der Waals surface area contributed by atoms with E-state index in [1.807, 2.05) is 0 Å². The van der Waals surface area contributed by atoms with E-state index in [9.17, 15) is 0 Å². The first-order valence-corrected chi connectivity index (χ1v) is 41.5. The summed E-state index contributed by atoms with van der Waals surface area (Å²) in [5.74, 6) is 0. The van der Waals surface area contributed by atoms with Crippen molar-refractivity contribution in [2.45, 2.75) is 0 Å². The number of hydrogen-bond donors (Lipinski definition) is 0. The molecule has 0 bridgehead atoms. The molecule has 0 spiro atoms. The first-order valence-electron chi connectivity index (χ1n) is 0.756. The Kier molecular flexibility index (Phi) is 4.75. The van der Waals surface area contributed by atoms with Gasteiger partial charge in [0, 0.05) is 0 Å². The molecule has 0 aliphatic rings. The predicted molar refractivity (Wildman–Crippen MR) is 84.1 cm³/mol. The summed E-state index contributed by atoms with van der Waals surface area (Å²) in [5.41, 5.74) is 0. The molecule has 0 fully saturated rings. The fourth-order valence-electron chi connectivity index (χ4n) is 0. The van der Waals surface area contributed by atoms with Crippen molar-refractivity contribution in [1.82, 2.24) is 0 Å². The van der Waals surface area contributed by atoms with Crippen molar-refractivity contribution < 1.29 is -8.61 Å². The zero-order chi connectivity index (χ0) is 6.41. The van der Waals surface area contributed by atoms with Crippen molar-refractivity contribution in [2.24, 2.45) is 0 Å². The fourth-order valence-corrected chi connectivity index (χ4v) is 0. The Morgan fingerprint density at radius 3 is 0.571 bits per heavy atom. The van der Waals surface area contributed by atoms with Crippen LogP contribution in [0.3, 0.4) is 0 Å². The van der Waals surface area contributed by atoms with Crippen LogP contribution in [0.15, 0.2) is 0 Å². The molecular weight excluding hydrogens is 954 g/mol. The van der Waals surface area contributed by atoms with Crippen LogP contribution in [0.5, 0.6) is 0 Å². The van der Waals surface area contributed by atoms with E-state index < -0.39 is -8.61 Å². The second-order valence-electron chi connectivity index (χ2n) is 0.714. The third-order valence-corrected chi connectivity index (χ3v) is 0. The van der Waals surface area contributed by atoms with Gasteiger partial charge in [0.05, 0.1) is 0 Å². The Hall–Kier alpha value is 5.03. The minimum absolute atomic E-state index is 2.35. The second kappa shape index (κ2) is 2.77.